The highest BCUT2D eigenvalue weighted by Gasteiger charge is 2.40. The summed E-state index contributed by atoms with van der Waals surface area (Å²) in [5, 5.41) is 4.15. The summed E-state index contributed by atoms with van der Waals surface area (Å²) >= 11 is 6.07. The third kappa shape index (κ3) is 3.53. The van der Waals surface area contributed by atoms with Gasteiger partial charge >= 0.3 is 6.03 Å². The highest BCUT2D eigenvalue weighted by atomic mass is 35.5. The lowest BCUT2D eigenvalue weighted by atomic mass is 10.2. The maximum Gasteiger partial charge on any atom is 0.343 e. The first kappa shape index (κ1) is 18.2. The molecule has 0 unspecified atom stereocenters. The standard InChI is InChI=1S/C17H27ClN6O/c1-4-22(5-2)10-11-23-17(25)21(3)14-12-19-16(18)20-15(14)24(23)13-8-6-7-9-13/h12-13H,4-11H2,1-3H3. The molecule has 0 radical (unpaired) electrons. The van der Waals surface area contributed by atoms with Crippen LogP contribution in [0.5, 0.6) is 0 Å². The number of anilines is 2. The van der Waals surface area contributed by atoms with Crippen molar-refractivity contribution in [2.24, 2.45) is 0 Å². The molecule has 0 spiro atoms. The third-order valence-corrected chi connectivity index (χ3v) is 5.44. The molecule has 1 aromatic rings. The van der Waals surface area contributed by atoms with Crippen LogP contribution >= 0.6 is 11.6 Å². The van der Waals surface area contributed by atoms with Crippen LogP contribution in [0.25, 0.3) is 0 Å². The van der Waals surface area contributed by atoms with Gasteiger partial charge in [0, 0.05) is 13.6 Å². The molecule has 1 saturated carbocycles. The van der Waals surface area contributed by atoms with Crippen LogP contribution in [-0.4, -0.2) is 65.2 Å². The fraction of sp³-hybridized carbons (Fsp3) is 0.706. The number of aromatic nitrogens is 2. The number of amides is 2. The zero-order chi connectivity index (χ0) is 18.0. The van der Waals surface area contributed by atoms with Gasteiger partial charge in [-0.25, -0.2) is 14.8 Å². The van der Waals surface area contributed by atoms with Gasteiger partial charge in [0.25, 0.3) is 0 Å². The van der Waals surface area contributed by atoms with Crippen molar-refractivity contribution in [3.8, 4) is 0 Å². The average Bonchev–Trinajstić information content (AvgIpc) is 3.13. The molecule has 138 valence electrons. The maximum atomic E-state index is 13.0. The van der Waals surface area contributed by atoms with E-state index >= 15 is 0 Å². The second kappa shape index (κ2) is 7.74. The van der Waals surface area contributed by atoms with Gasteiger partial charge in [0.15, 0.2) is 5.82 Å². The summed E-state index contributed by atoms with van der Waals surface area (Å²) < 4.78 is 0. The normalized spacial score (nSPS) is 18.4. The Hall–Kier alpha value is -1.60. The largest absolute Gasteiger partial charge is 0.343 e. The van der Waals surface area contributed by atoms with Crippen molar-refractivity contribution < 1.29 is 4.79 Å². The van der Waals surface area contributed by atoms with Crippen molar-refractivity contribution in [1.82, 2.24) is 19.9 Å². The predicted octanol–water partition coefficient (Wildman–Crippen LogP) is 3.01. The third-order valence-electron chi connectivity index (χ3n) is 5.26. The van der Waals surface area contributed by atoms with Crippen molar-refractivity contribution in [1.29, 1.82) is 0 Å². The van der Waals surface area contributed by atoms with E-state index in [-0.39, 0.29) is 11.3 Å². The number of halogens is 1. The maximum absolute atomic E-state index is 13.0. The number of fused-ring (bicyclic) bond motifs is 1. The van der Waals surface area contributed by atoms with E-state index in [1.807, 2.05) is 5.01 Å². The Kier molecular flexibility index (Phi) is 5.64. The Morgan fingerprint density at radius 2 is 1.96 bits per heavy atom. The van der Waals surface area contributed by atoms with E-state index < -0.39 is 0 Å². The molecule has 1 fully saturated rings. The van der Waals surface area contributed by atoms with Gasteiger partial charge < -0.3 is 4.90 Å². The van der Waals surface area contributed by atoms with Crippen LogP contribution in [0.4, 0.5) is 16.3 Å². The van der Waals surface area contributed by atoms with E-state index in [0.717, 1.165) is 44.0 Å². The van der Waals surface area contributed by atoms with Crippen molar-refractivity contribution in [3.63, 3.8) is 0 Å². The number of hydrogen-bond acceptors (Lipinski definition) is 5. The van der Waals surface area contributed by atoms with Gasteiger partial charge in [-0.3, -0.25) is 9.91 Å². The molecule has 1 aliphatic carbocycles. The Morgan fingerprint density at radius 1 is 1.28 bits per heavy atom. The van der Waals surface area contributed by atoms with Crippen molar-refractivity contribution in [3.05, 3.63) is 11.5 Å². The van der Waals surface area contributed by atoms with Crippen molar-refractivity contribution >= 4 is 29.1 Å². The van der Waals surface area contributed by atoms with Gasteiger partial charge in [-0.2, -0.15) is 4.98 Å². The van der Waals surface area contributed by atoms with Crippen LogP contribution in [-0.2, 0) is 0 Å². The van der Waals surface area contributed by atoms with Crippen LogP contribution in [0.2, 0.25) is 5.28 Å². The van der Waals surface area contributed by atoms with E-state index in [1.165, 1.54) is 12.8 Å². The number of urea groups is 1. The molecular weight excluding hydrogens is 340 g/mol. The minimum Gasteiger partial charge on any atom is -0.302 e. The Morgan fingerprint density at radius 3 is 2.60 bits per heavy atom. The molecule has 7 nitrogen and oxygen atoms in total. The lowest BCUT2D eigenvalue weighted by Gasteiger charge is -2.46. The Bertz CT molecular complexity index is 617. The van der Waals surface area contributed by atoms with E-state index in [2.05, 4.69) is 33.7 Å². The number of carbonyl (C=O) groups is 1. The van der Waals surface area contributed by atoms with Crippen molar-refractivity contribution in [2.45, 2.75) is 45.6 Å². The number of likely N-dealkylation sites (N-methyl/N-ethyl adjacent to an activating group) is 1. The van der Waals surface area contributed by atoms with Crippen LogP contribution in [0.3, 0.4) is 0 Å². The molecule has 0 aromatic carbocycles. The summed E-state index contributed by atoms with van der Waals surface area (Å²) in [7, 11) is 1.77. The molecule has 0 atom stereocenters. The minimum absolute atomic E-state index is 0.0301. The number of hydrazine groups is 1. The molecular formula is C17H27ClN6O. The van der Waals surface area contributed by atoms with Crippen molar-refractivity contribution in [2.75, 3.05) is 43.1 Å². The van der Waals surface area contributed by atoms with E-state index in [9.17, 15) is 4.79 Å². The molecule has 1 aliphatic heterocycles. The summed E-state index contributed by atoms with van der Waals surface area (Å²) in [4.78, 5) is 25.5. The van der Waals surface area contributed by atoms with Gasteiger partial charge in [0.1, 0.15) is 5.69 Å². The summed E-state index contributed by atoms with van der Waals surface area (Å²) in [6, 6.07) is 0.261. The van der Waals surface area contributed by atoms with Gasteiger partial charge in [0.05, 0.1) is 18.8 Å². The first-order chi connectivity index (χ1) is 12.1. The second-order valence-corrected chi connectivity index (χ2v) is 6.96. The molecule has 0 saturated heterocycles. The lowest BCUT2D eigenvalue weighted by Crippen LogP contribution is -2.60. The highest BCUT2D eigenvalue weighted by molar-refractivity contribution is 6.28. The molecule has 1 aromatic heterocycles. The van der Waals surface area contributed by atoms with E-state index in [4.69, 9.17) is 11.6 Å². The SMILES string of the molecule is CCN(CC)CCN1C(=O)N(C)c2cnc(Cl)nc2N1C1CCCC1. The van der Waals surface area contributed by atoms with Crippen LogP contribution < -0.4 is 9.91 Å². The van der Waals surface area contributed by atoms with Crippen LogP contribution in [0, 0.1) is 0 Å². The molecule has 2 amide bonds. The van der Waals surface area contributed by atoms with Gasteiger partial charge in [-0.1, -0.05) is 26.7 Å². The molecule has 2 heterocycles. The van der Waals surface area contributed by atoms with E-state index in [0.29, 0.717) is 12.6 Å². The van der Waals surface area contributed by atoms with Crippen LogP contribution in [0.15, 0.2) is 6.20 Å². The average molecular weight is 367 g/mol. The van der Waals surface area contributed by atoms with Gasteiger partial charge in [0.2, 0.25) is 5.28 Å². The van der Waals surface area contributed by atoms with Gasteiger partial charge in [-0.15, -0.1) is 0 Å². The van der Waals surface area contributed by atoms with Gasteiger partial charge in [-0.05, 0) is 37.5 Å². The monoisotopic (exact) mass is 366 g/mol. The Labute approximate surface area is 154 Å². The van der Waals surface area contributed by atoms with Crippen LogP contribution in [0.1, 0.15) is 39.5 Å². The molecule has 0 N–H and O–H groups in total. The molecule has 2 aliphatic rings. The minimum atomic E-state index is -0.0301. The summed E-state index contributed by atoms with van der Waals surface area (Å²) in [5.41, 5.74) is 0.723. The number of hydrogen-bond donors (Lipinski definition) is 0. The summed E-state index contributed by atoms with van der Waals surface area (Å²) in [5.74, 6) is 0.744. The molecule has 0 bridgehead atoms. The second-order valence-electron chi connectivity index (χ2n) is 6.62. The fourth-order valence-electron chi connectivity index (χ4n) is 3.73. The first-order valence-electron chi connectivity index (χ1n) is 9.16. The number of carbonyl (C=O) groups excluding carboxylic acids is 1. The van der Waals surface area contributed by atoms with E-state index in [1.54, 1.807) is 18.1 Å². The predicted molar refractivity (Wildman–Crippen MR) is 100 cm³/mol. The Balaban J connectivity index is 1.94. The summed E-state index contributed by atoms with van der Waals surface area (Å²) in [6.45, 7) is 7.71. The quantitative estimate of drug-likeness (QED) is 0.724. The number of nitrogens with zero attached hydrogens (tertiary/aromatic N) is 6. The zero-order valence-corrected chi connectivity index (χ0v) is 16.0. The highest BCUT2D eigenvalue weighted by Crippen LogP contribution is 2.38. The summed E-state index contributed by atoms with van der Waals surface area (Å²) in [6.07, 6.45) is 6.15. The smallest absolute Gasteiger partial charge is 0.302 e. The number of rotatable bonds is 6. The molecule has 8 heteroatoms. The molecule has 3 rings (SSSR count). The fourth-order valence-corrected chi connectivity index (χ4v) is 3.86. The zero-order valence-electron chi connectivity index (χ0n) is 15.3. The topological polar surface area (TPSA) is 55.8 Å². The first-order valence-corrected chi connectivity index (χ1v) is 9.53. The lowest BCUT2D eigenvalue weighted by molar-refractivity contribution is 0.173. The molecule has 25 heavy (non-hydrogen) atoms.